The first kappa shape index (κ1) is 18.4. The summed E-state index contributed by atoms with van der Waals surface area (Å²) in [5, 5.41) is 3.12. The molecule has 1 aliphatic rings. The fourth-order valence-corrected chi connectivity index (χ4v) is 4.03. The van der Waals surface area contributed by atoms with Gasteiger partial charge in [0.1, 0.15) is 12.2 Å². The number of rotatable bonds is 5. The van der Waals surface area contributed by atoms with Gasteiger partial charge in [-0.05, 0) is 25.0 Å². The van der Waals surface area contributed by atoms with E-state index in [9.17, 15) is 14.4 Å². The summed E-state index contributed by atoms with van der Waals surface area (Å²) in [6, 6.07) is 6.87. The second kappa shape index (κ2) is 7.55. The number of hydrogen-bond donors (Lipinski definition) is 0. The fourth-order valence-electron chi connectivity index (χ4n) is 3.17. The van der Waals surface area contributed by atoms with Crippen molar-refractivity contribution in [1.82, 2.24) is 4.98 Å². The SMILES string of the molecule is Cc1ccc2c(COC(=O)Cc3csc(N4CCCC4=O)n3)cc(=O)oc2c1. The van der Waals surface area contributed by atoms with Gasteiger partial charge in [-0.15, -0.1) is 11.3 Å². The Bertz CT molecular complexity index is 1120. The molecule has 0 spiro atoms. The minimum absolute atomic E-state index is 0.0109. The monoisotopic (exact) mass is 398 g/mol. The van der Waals surface area contributed by atoms with E-state index in [0.29, 0.717) is 34.9 Å². The number of thiazole rings is 1. The normalized spacial score (nSPS) is 14.0. The molecule has 3 heterocycles. The van der Waals surface area contributed by atoms with E-state index >= 15 is 0 Å². The Kier molecular flexibility index (Phi) is 4.95. The van der Waals surface area contributed by atoms with Crippen molar-refractivity contribution in [3.05, 3.63) is 56.9 Å². The molecule has 144 valence electrons. The maximum atomic E-state index is 12.2. The number of aromatic nitrogens is 1. The van der Waals surface area contributed by atoms with Crippen LogP contribution in [0.2, 0.25) is 0 Å². The van der Waals surface area contributed by atoms with Crippen molar-refractivity contribution < 1.29 is 18.7 Å². The Balaban J connectivity index is 1.43. The van der Waals surface area contributed by atoms with Gasteiger partial charge in [-0.3, -0.25) is 14.5 Å². The molecule has 1 fully saturated rings. The predicted molar refractivity (Wildman–Crippen MR) is 104 cm³/mol. The molecule has 7 nitrogen and oxygen atoms in total. The van der Waals surface area contributed by atoms with Crippen molar-refractivity contribution in [2.24, 2.45) is 0 Å². The van der Waals surface area contributed by atoms with Gasteiger partial charge < -0.3 is 9.15 Å². The van der Waals surface area contributed by atoms with Gasteiger partial charge in [0.25, 0.3) is 0 Å². The molecule has 4 rings (SSSR count). The molecule has 0 aliphatic carbocycles. The minimum atomic E-state index is -0.483. The van der Waals surface area contributed by atoms with Gasteiger partial charge in [-0.2, -0.15) is 0 Å². The van der Waals surface area contributed by atoms with Crippen LogP contribution in [0.15, 0.2) is 38.9 Å². The van der Waals surface area contributed by atoms with E-state index in [1.54, 1.807) is 16.3 Å². The molecule has 1 aromatic carbocycles. The Labute approximate surface area is 164 Å². The van der Waals surface area contributed by atoms with Crippen LogP contribution in [-0.2, 0) is 27.4 Å². The highest BCUT2D eigenvalue weighted by Gasteiger charge is 2.24. The van der Waals surface area contributed by atoms with Crippen molar-refractivity contribution in [3.8, 4) is 0 Å². The smallest absolute Gasteiger partial charge is 0.336 e. The molecule has 1 aliphatic heterocycles. The maximum absolute atomic E-state index is 12.2. The van der Waals surface area contributed by atoms with Crippen LogP contribution in [0, 0.1) is 6.92 Å². The lowest BCUT2D eigenvalue weighted by atomic mass is 10.1. The molecule has 1 amide bonds. The van der Waals surface area contributed by atoms with E-state index < -0.39 is 11.6 Å². The molecule has 8 heteroatoms. The van der Waals surface area contributed by atoms with Gasteiger partial charge in [-0.25, -0.2) is 9.78 Å². The largest absolute Gasteiger partial charge is 0.460 e. The number of amides is 1. The summed E-state index contributed by atoms with van der Waals surface area (Å²) < 4.78 is 10.6. The van der Waals surface area contributed by atoms with Gasteiger partial charge in [0.15, 0.2) is 5.13 Å². The second-order valence-corrected chi connectivity index (χ2v) is 7.53. The standard InChI is InChI=1S/C20H18N2O5S/c1-12-4-5-15-13(8-19(25)27-16(15)7-12)10-26-18(24)9-14-11-28-20(21-14)22-6-2-3-17(22)23/h4-5,7-8,11H,2-3,6,9-10H2,1H3. The lowest BCUT2D eigenvalue weighted by Gasteiger charge is -2.10. The molecule has 0 N–H and O–H groups in total. The average Bonchev–Trinajstić information content (AvgIpc) is 3.27. The van der Waals surface area contributed by atoms with Crippen LogP contribution in [-0.4, -0.2) is 23.4 Å². The van der Waals surface area contributed by atoms with Gasteiger partial charge >= 0.3 is 11.6 Å². The first-order valence-corrected chi connectivity index (χ1v) is 9.81. The summed E-state index contributed by atoms with van der Waals surface area (Å²) in [5.74, 6) is -0.383. The summed E-state index contributed by atoms with van der Waals surface area (Å²) in [4.78, 5) is 41.8. The lowest BCUT2D eigenvalue weighted by molar-refractivity contribution is -0.144. The van der Waals surface area contributed by atoms with Crippen molar-refractivity contribution >= 4 is 39.3 Å². The Morgan fingerprint density at radius 1 is 1.32 bits per heavy atom. The van der Waals surface area contributed by atoms with Crippen molar-refractivity contribution in [3.63, 3.8) is 0 Å². The summed E-state index contributed by atoms with van der Waals surface area (Å²) in [7, 11) is 0. The number of esters is 1. The molecular formula is C20H18N2O5S. The highest BCUT2D eigenvalue weighted by atomic mass is 32.1. The summed E-state index contributed by atoms with van der Waals surface area (Å²) in [6.45, 7) is 2.55. The first-order chi connectivity index (χ1) is 13.5. The number of hydrogen-bond acceptors (Lipinski definition) is 7. The molecule has 0 bridgehead atoms. The van der Waals surface area contributed by atoms with Gasteiger partial charge in [-0.1, -0.05) is 12.1 Å². The van der Waals surface area contributed by atoms with Crippen molar-refractivity contribution in [1.29, 1.82) is 0 Å². The first-order valence-electron chi connectivity index (χ1n) is 8.93. The molecule has 3 aromatic rings. The van der Waals surface area contributed by atoms with Crippen LogP contribution in [0.1, 0.15) is 29.7 Å². The molecule has 28 heavy (non-hydrogen) atoms. The molecule has 0 radical (unpaired) electrons. The van der Waals surface area contributed by atoms with Crippen LogP contribution in [0.3, 0.4) is 0 Å². The van der Waals surface area contributed by atoms with Gasteiger partial charge in [0.2, 0.25) is 5.91 Å². The third-order valence-electron chi connectivity index (χ3n) is 4.54. The number of fused-ring (bicyclic) bond motifs is 1. The molecule has 0 unspecified atom stereocenters. The van der Waals surface area contributed by atoms with E-state index in [4.69, 9.17) is 9.15 Å². The maximum Gasteiger partial charge on any atom is 0.336 e. The summed E-state index contributed by atoms with van der Waals surface area (Å²) in [6.07, 6.45) is 1.38. The van der Waals surface area contributed by atoms with Gasteiger partial charge in [0.05, 0.1) is 12.1 Å². The zero-order valence-corrected chi connectivity index (χ0v) is 16.1. The Morgan fingerprint density at radius 3 is 2.96 bits per heavy atom. The number of anilines is 1. The lowest BCUT2D eigenvalue weighted by Crippen LogP contribution is -2.23. The quantitative estimate of drug-likeness (QED) is 0.485. The molecule has 0 saturated carbocycles. The third kappa shape index (κ3) is 3.82. The predicted octanol–water partition coefficient (Wildman–Crippen LogP) is 2.97. The number of aryl methyl sites for hydroxylation is 1. The molecule has 1 saturated heterocycles. The number of benzene rings is 1. The topological polar surface area (TPSA) is 89.7 Å². The van der Waals surface area contributed by atoms with Crippen LogP contribution in [0.25, 0.3) is 11.0 Å². The number of ether oxygens (including phenoxy) is 1. The summed E-state index contributed by atoms with van der Waals surface area (Å²) >= 11 is 1.34. The number of carbonyl (C=O) groups excluding carboxylic acids is 2. The van der Waals surface area contributed by atoms with Crippen LogP contribution < -0.4 is 10.5 Å². The highest BCUT2D eigenvalue weighted by molar-refractivity contribution is 7.14. The molecule has 2 aromatic heterocycles. The third-order valence-corrected chi connectivity index (χ3v) is 5.46. The van der Waals surface area contributed by atoms with E-state index in [1.807, 2.05) is 19.1 Å². The van der Waals surface area contributed by atoms with E-state index in [0.717, 1.165) is 17.4 Å². The number of nitrogens with zero attached hydrogens (tertiary/aromatic N) is 2. The van der Waals surface area contributed by atoms with Crippen LogP contribution in [0.5, 0.6) is 0 Å². The second-order valence-electron chi connectivity index (χ2n) is 6.70. The van der Waals surface area contributed by atoms with Crippen molar-refractivity contribution in [2.45, 2.75) is 32.8 Å². The zero-order chi connectivity index (χ0) is 19.7. The van der Waals surface area contributed by atoms with Crippen LogP contribution >= 0.6 is 11.3 Å². The zero-order valence-electron chi connectivity index (χ0n) is 15.3. The minimum Gasteiger partial charge on any atom is -0.460 e. The van der Waals surface area contributed by atoms with Crippen molar-refractivity contribution in [2.75, 3.05) is 11.4 Å². The fraction of sp³-hybridized carbons (Fsp3) is 0.300. The number of carbonyl (C=O) groups is 2. The van der Waals surface area contributed by atoms with E-state index in [-0.39, 0.29) is 18.9 Å². The molecular weight excluding hydrogens is 380 g/mol. The van der Waals surface area contributed by atoms with E-state index in [2.05, 4.69) is 4.98 Å². The van der Waals surface area contributed by atoms with Crippen LogP contribution in [0.4, 0.5) is 5.13 Å². The van der Waals surface area contributed by atoms with Gasteiger partial charge in [0, 0.05) is 35.4 Å². The van der Waals surface area contributed by atoms with E-state index in [1.165, 1.54) is 17.4 Å². The highest BCUT2D eigenvalue weighted by Crippen LogP contribution is 2.25. The Morgan fingerprint density at radius 2 is 2.18 bits per heavy atom. The average molecular weight is 398 g/mol. The molecule has 0 atom stereocenters. The summed E-state index contributed by atoms with van der Waals surface area (Å²) in [5.41, 5.74) is 2.13. The Hall–Kier alpha value is -3.00.